The monoisotopic (exact) mass is 251 g/mol. The summed E-state index contributed by atoms with van der Waals surface area (Å²) in [5.74, 6) is -0.202. The Kier molecular flexibility index (Phi) is 4.67. The highest BCUT2D eigenvalue weighted by Crippen LogP contribution is 2.26. The number of nitrogens with two attached hydrogens (primary N) is 1. The predicted molar refractivity (Wildman–Crippen MR) is 71.7 cm³/mol. The van der Waals surface area contributed by atoms with Gasteiger partial charge < -0.3 is 5.73 Å². The summed E-state index contributed by atoms with van der Waals surface area (Å²) in [5, 5.41) is 0. The van der Waals surface area contributed by atoms with Crippen LogP contribution < -0.4 is 5.73 Å². The minimum absolute atomic E-state index is 0. The fourth-order valence-corrected chi connectivity index (χ4v) is 1.78. The minimum atomic E-state index is -0.202. The van der Waals surface area contributed by atoms with E-state index in [0.717, 1.165) is 16.7 Å². The van der Waals surface area contributed by atoms with Crippen molar-refractivity contribution in [1.82, 2.24) is 0 Å². The molecule has 0 bridgehead atoms. The van der Waals surface area contributed by atoms with E-state index >= 15 is 0 Å². The van der Waals surface area contributed by atoms with Crippen molar-refractivity contribution in [3.8, 4) is 11.1 Å². The molecule has 0 aliphatic heterocycles. The van der Waals surface area contributed by atoms with Crippen LogP contribution in [-0.2, 0) is 6.54 Å². The topological polar surface area (TPSA) is 26.0 Å². The number of rotatable bonds is 2. The maximum atomic E-state index is 13.7. The molecule has 2 aromatic rings. The van der Waals surface area contributed by atoms with Gasteiger partial charge in [0.2, 0.25) is 0 Å². The van der Waals surface area contributed by atoms with Crippen molar-refractivity contribution in [2.45, 2.75) is 13.5 Å². The number of benzene rings is 2. The highest BCUT2D eigenvalue weighted by molar-refractivity contribution is 5.85. The maximum Gasteiger partial charge on any atom is 0.131 e. The van der Waals surface area contributed by atoms with Crippen LogP contribution in [0, 0.1) is 12.7 Å². The summed E-state index contributed by atoms with van der Waals surface area (Å²) < 4.78 is 13.7. The third-order valence-electron chi connectivity index (χ3n) is 2.70. The van der Waals surface area contributed by atoms with Gasteiger partial charge in [0.15, 0.2) is 0 Å². The molecule has 0 heterocycles. The molecule has 0 atom stereocenters. The van der Waals surface area contributed by atoms with Crippen LogP contribution in [0.15, 0.2) is 42.5 Å². The zero-order valence-corrected chi connectivity index (χ0v) is 10.4. The number of hydrogen-bond donors (Lipinski definition) is 1. The summed E-state index contributed by atoms with van der Waals surface area (Å²) in [6, 6.07) is 12.8. The lowest BCUT2D eigenvalue weighted by Gasteiger charge is -2.08. The highest BCUT2D eigenvalue weighted by atomic mass is 35.5. The number of halogens is 2. The molecule has 2 rings (SSSR count). The zero-order valence-electron chi connectivity index (χ0n) is 9.61. The molecule has 0 radical (unpaired) electrons. The first-order valence-electron chi connectivity index (χ1n) is 5.27. The molecular weight excluding hydrogens is 237 g/mol. The second kappa shape index (κ2) is 5.80. The molecule has 0 unspecified atom stereocenters. The Hall–Kier alpha value is -1.38. The third kappa shape index (κ3) is 2.84. The molecular formula is C14H15ClFN. The first-order chi connectivity index (χ1) is 7.72. The van der Waals surface area contributed by atoms with Gasteiger partial charge >= 0.3 is 0 Å². The smallest absolute Gasteiger partial charge is 0.131 e. The average Bonchev–Trinajstić information content (AvgIpc) is 2.31. The van der Waals surface area contributed by atoms with Gasteiger partial charge in [-0.15, -0.1) is 12.4 Å². The SMILES string of the molecule is Cc1ccccc1-c1cc(CN)ccc1F.Cl. The van der Waals surface area contributed by atoms with Crippen LogP contribution in [0.3, 0.4) is 0 Å². The summed E-state index contributed by atoms with van der Waals surface area (Å²) >= 11 is 0. The van der Waals surface area contributed by atoms with E-state index in [-0.39, 0.29) is 18.2 Å². The number of aryl methyl sites for hydroxylation is 1. The summed E-state index contributed by atoms with van der Waals surface area (Å²) in [6.45, 7) is 2.41. The molecule has 0 spiro atoms. The van der Waals surface area contributed by atoms with Crippen LogP contribution in [0.5, 0.6) is 0 Å². The second-order valence-electron chi connectivity index (χ2n) is 3.83. The van der Waals surface area contributed by atoms with Gasteiger partial charge in [0.05, 0.1) is 0 Å². The normalized spacial score (nSPS) is 9.82. The van der Waals surface area contributed by atoms with Crippen molar-refractivity contribution >= 4 is 12.4 Å². The van der Waals surface area contributed by atoms with E-state index in [1.807, 2.05) is 37.3 Å². The zero-order chi connectivity index (χ0) is 11.5. The van der Waals surface area contributed by atoms with E-state index in [9.17, 15) is 4.39 Å². The Bertz CT molecular complexity index is 511. The molecule has 17 heavy (non-hydrogen) atoms. The van der Waals surface area contributed by atoms with Crippen LogP contribution in [-0.4, -0.2) is 0 Å². The Balaban J connectivity index is 0.00000144. The van der Waals surface area contributed by atoms with Crippen molar-refractivity contribution in [1.29, 1.82) is 0 Å². The largest absolute Gasteiger partial charge is 0.326 e. The van der Waals surface area contributed by atoms with Gasteiger partial charge in [-0.2, -0.15) is 0 Å². The highest BCUT2D eigenvalue weighted by Gasteiger charge is 2.07. The maximum absolute atomic E-state index is 13.7. The molecule has 0 amide bonds. The fourth-order valence-electron chi connectivity index (χ4n) is 1.78. The Labute approximate surface area is 107 Å². The molecule has 0 saturated carbocycles. The molecule has 2 N–H and O–H groups in total. The quantitative estimate of drug-likeness (QED) is 0.866. The molecule has 0 aromatic heterocycles. The van der Waals surface area contributed by atoms with E-state index in [2.05, 4.69) is 0 Å². The van der Waals surface area contributed by atoms with Crippen molar-refractivity contribution in [2.24, 2.45) is 5.73 Å². The van der Waals surface area contributed by atoms with Gasteiger partial charge in [0.1, 0.15) is 5.82 Å². The summed E-state index contributed by atoms with van der Waals surface area (Å²) in [4.78, 5) is 0. The van der Waals surface area contributed by atoms with E-state index in [0.29, 0.717) is 12.1 Å². The van der Waals surface area contributed by atoms with Gasteiger partial charge in [-0.1, -0.05) is 30.3 Å². The molecule has 0 aliphatic carbocycles. The standard InChI is InChI=1S/C14H14FN.ClH/c1-10-4-2-3-5-12(10)13-8-11(9-16)6-7-14(13)15;/h2-8H,9,16H2,1H3;1H. The molecule has 0 fully saturated rings. The summed E-state index contributed by atoms with van der Waals surface area (Å²) in [6.07, 6.45) is 0. The van der Waals surface area contributed by atoms with Crippen molar-refractivity contribution in [2.75, 3.05) is 0 Å². The molecule has 0 saturated heterocycles. The van der Waals surface area contributed by atoms with E-state index < -0.39 is 0 Å². The Morgan fingerprint density at radius 3 is 2.41 bits per heavy atom. The first kappa shape index (κ1) is 13.7. The van der Waals surface area contributed by atoms with Gasteiger partial charge in [0.25, 0.3) is 0 Å². The summed E-state index contributed by atoms with van der Waals surface area (Å²) in [7, 11) is 0. The van der Waals surface area contributed by atoms with Crippen molar-refractivity contribution < 1.29 is 4.39 Å². The molecule has 90 valence electrons. The van der Waals surface area contributed by atoms with Crippen LogP contribution in [0.1, 0.15) is 11.1 Å². The van der Waals surface area contributed by atoms with Crippen LogP contribution in [0.2, 0.25) is 0 Å². The predicted octanol–water partition coefficient (Wildman–Crippen LogP) is 3.68. The van der Waals surface area contributed by atoms with Gasteiger partial charge in [-0.25, -0.2) is 4.39 Å². The van der Waals surface area contributed by atoms with Crippen LogP contribution in [0.4, 0.5) is 4.39 Å². The number of hydrogen-bond acceptors (Lipinski definition) is 1. The molecule has 1 nitrogen and oxygen atoms in total. The molecule has 0 aliphatic rings. The lowest BCUT2D eigenvalue weighted by atomic mass is 9.98. The van der Waals surface area contributed by atoms with Crippen LogP contribution >= 0.6 is 12.4 Å². The van der Waals surface area contributed by atoms with Gasteiger partial charge in [0, 0.05) is 12.1 Å². The van der Waals surface area contributed by atoms with Crippen molar-refractivity contribution in [3.05, 3.63) is 59.4 Å². The lowest BCUT2D eigenvalue weighted by molar-refractivity contribution is 0.630. The van der Waals surface area contributed by atoms with Crippen LogP contribution in [0.25, 0.3) is 11.1 Å². The Morgan fingerprint density at radius 2 is 1.76 bits per heavy atom. The van der Waals surface area contributed by atoms with E-state index in [4.69, 9.17) is 5.73 Å². The van der Waals surface area contributed by atoms with E-state index in [1.54, 1.807) is 6.07 Å². The Morgan fingerprint density at radius 1 is 1.06 bits per heavy atom. The average molecular weight is 252 g/mol. The second-order valence-corrected chi connectivity index (χ2v) is 3.83. The van der Waals surface area contributed by atoms with E-state index in [1.165, 1.54) is 6.07 Å². The minimum Gasteiger partial charge on any atom is -0.326 e. The first-order valence-corrected chi connectivity index (χ1v) is 5.27. The third-order valence-corrected chi connectivity index (χ3v) is 2.70. The summed E-state index contributed by atoms with van der Waals surface area (Å²) in [5.41, 5.74) is 9.12. The lowest BCUT2D eigenvalue weighted by Crippen LogP contribution is -1.97. The fraction of sp³-hybridized carbons (Fsp3) is 0.143. The van der Waals surface area contributed by atoms with Crippen molar-refractivity contribution in [3.63, 3.8) is 0 Å². The van der Waals surface area contributed by atoms with Gasteiger partial charge in [-0.05, 0) is 35.7 Å². The molecule has 3 heteroatoms. The van der Waals surface area contributed by atoms with Gasteiger partial charge in [-0.3, -0.25) is 0 Å². The molecule has 2 aromatic carbocycles.